The van der Waals surface area contributed by atoms with Gasteiger partial charge in [0, 0.05) is 25.7 Å². The Hall–Kier alpha value is -2.46. The van der Waals surface area contributed by atoms with Gasteiger partial charge in [0.25, 0.3) is 0 Å². The molecule has 19 heteroatoms. The molecule has 0 aliphatic heterocycles. The second-order valence-corrected chi connectivity index (χ2v) is 32.7. The molecule has 103 heavy (non-hydrogen) atoms. The molecule has 0 radical (unpaired) electrons. The van der Waals surface area contributed by atoms with Crippen LogP contribution in [-0.2, 0) is 65.4 Å². The molecule has 3 N–H and O–H groups in total. The van der Waals surface area contributed by atoms with Crippen LogP contribution in [0, 0.1) is 5.92 Å². The molecule has 0 aliphatic carbocycles. The molecule has 0 aromatic rings. The summed E-state index contributed by atoms with van der Waals surface area (Å²) in [6, 6.07) is 0. The normalized spacial score (nSPS) is 14.2. The highest BCUT2D eigenvalue weighted by Crippen LogP contribution is 2.45. The summed E-state index contributed by atoms with van der Waals surface area (Å²) in [7, 11) is -9.94. The van der Waals surface area contributed by atoms with Crippen molar-refractivity contribution >= 4 is 39.5 Å². The number of phosphoric ester groups is 2. The van der Waals surface area contributed by atoms with Crippen molar-refractivity contribution in [3.8, 4) is 0 Å². The summed E-state index contributed by atoms with van der Waals surface area (Å²) in [5.41, 5.74) is 0. The number of carbonyl (C=O) groups is 4. The van der Waals surface area contributed by atoms with Crippen LogP contribution in [0.4, 0.5) is 0 Å². The Bertz CT molecular complexity index is 2060. The van der Waals surface area contributed by atoms with Crippen LogP contribution in [0.3, 0.4) is 0 Å². The van der Waals surface area contributed by atoms with Crippen LogP contribution in [0.2, 0.25) is 0 Å². The highest BCUT2D eigenvalue weighted by Gasteiger charge is 2.30. The van der Waals surface area contributed by atoms with Gasteiger partial charge in [-0.05, 0) is 57.3 Å². The summed E-state index contributed by atoms with van der Waals surface area (Å²) < 4.78 is 68.8. The monoisotopic (exact) mass is 1500 g/mol. The smallest absolute Gasteiger partial charge is 0.462 e. The first kappa shape index (κ1) is 101. The van der Waals surface area contributed by atoms with Gasteiger partial charge in [0.05, 0.1) is 26.4 Å². The molecule has 608 valence electrons. The van der Waals surface area contributed by atoms with E-state index in [0.29, 0.717) is 25.7 Å². The molecular formula is C84H160O17P2. The third-order valence-electron chi connectivity index (χ3n) is 19.5. The number of esters is 4. The lowest BCUT2D eigenvalue weighted by atomic mass is 9.99. The Balaban J connectivity index is 5.28. The molecule has 0 rings (SSSR count). The number of phosphoric acid groups is 2. The van der Waals surface area contributed by atoms with Crippen molar-refractivity contribution in [1.82, 2.24) is 0 Å². The van der Waals surface area contributed by atoms with Crippen molar-refractivity contribution in [3.05, 3.63) is 24.3 Å². The summed E-state index contributed by atoms with van der Waals surface area (Å²) in [6.07, 6.45) is 71.5. The first-order valence-corrected chi connectivity index (χ1v) is 46.0. The SMILES string of the molecule is CCCCCC/C=C\C=C/CCCCCCCC(=O)OC[C@H](COP(=O)(O)OC[C@@H](O)COP(=O)(O)OC[C@@H](COC(=O)CCCCCCCCCCCCCCC)OC(=O)CCCCCCCCCCCCC(C)CC)OC(=O)CCCCCCCCCCCCCCCCCCCCCCC. The summed E-state index contributed by atoms with van der Waals surface area (Å²) in [5.74, 6) is -1.33. The number of carbonyl (C=O) groups excluding carboxylic acids is 4. The molecule has 0 heterocycles. The van der Waals surface area contributed by atoms with Crippen LogP contribution in [0.5, 0.6) is 0 Å². The second-order valence-electron chi connectivity index (χ2n) is 29.8. The maximum absolute atomic E-state index is 13.1. The Morgan fingerprint density at radius 1 is 0.311 bits per heavy atom. The first-order valence-electron chi connectivity index (χ1n) is 43.0. The molecule has 0 spiro atoms. The maximum atomic E-state index is 13.1. The minimum atomic E-state index is -4.97. The first-order chi connectivity index (χ1) is 50.1. The summed E-state index contributed by atoms with van der Waals surface area (Å²) in [6.45, 7) is 7.31. The highest BCUT2D eigenvalue weighted by molar-refractivity contribution is 7.47. The van der Waals surface area contributed by atoms with Crippen molar-refractivity contribution in [2.45, 2.75) is 445 Å². The van der Waals surface area contributed by atoms with Crippen molar-refractivity contribution in [2.75, 3.05) is 39.6 Å². The zero-order valence-electron chi connectivity index (χ0n) is 66.9. The average Bonchev–Trinajstić information content (AvgIpc) is 0.910. The van der Waals surface area contributed by atoms with Gasteiger partial charge >= 0.3 is 39.5 Å². The van der Waals surface area contributed by atoms with E-state index in [9.17, 15) is 43.2 Å². The van der Waals surface area contributed by atoms with Gasteiger partial charge in [-0.3, -0.25) is 37.3 Å². The Morgan fingerprint density at radius 2 is 0.544 bits per heavy atom. The van der Waals surface area contributed by atoms with Crippen LogP contribution < -0.4 is 0 Å². The van der Waals surface area contributed by atoms with Crippen LogP contribution >= 0.6 is 15.6 Å². The molecule has 6 atom stereocenters. The van der Waals surface area contributed by atoms with E-state index in [1.807, 2.05) is 0 Å². The lowest BCUT2D eigenvalue weighted by molar-refractivity contribution is -0.161. The third-order valence-corrected chi connectivity index (χ3v) is 21.4. The van der Waals surface area contributed by atoms with E-state index in [-0.39, 0.29) is 25.7 Å². The predicted molar refractivity (Wildman–Crippen MR) is 423 cm³/mol. The molecule has 0 aromatic carbocycles. The van der Waals surface area contributed by atoms with Crippen molar-refractivity contribution in [1.29, 1.82) is 0 Å². The Labute approximate surface area is 631 Å². The average molecular weight is 1500 g/mol. The molecule has 17 nitrogen and oxygen atoms in total. The van der Waals surface area contributed by atoms with E-state index in [4.69, 9.17) is 37.0 Å². The predicted octanol–water partition coefficient (Wildman–Crippen LogP) is 25.1. The minimum Gasteiger partial charge on any atom is -0.462 e. The number of rotatable bonds is 82. The highest BCUT2D eigenvalue weighted by atomic mass is 31.2. The maximum Gasteiger partial charge on any atom is 0.472 e. The van der Waals surface area contributed by atoms with Crippen LogP contribution in [0.25, 0.3) is 0 Å². The summed E-state index contributed by atoms with van der Waals surface area (Å²) >= 11 is 0. The lowest BCUT2D eigenvalue weighted by Gasteiger charge is -2.21. The third kappa shape index (κ3) is 76.1. The van der Waals surface area contributed by atoms with Gasteiger partial charge in [-0.2, -0.15) is 0 Å². The van der Waals surface area contributed by atoms with Gasteiger partial charge in [0.1, 0.15) is 19.3 Å². The number of hydrogen-bond donors (Lipinski definition) is 3. The fraction of sp³-hybridized carbons (Fsp3) is 0.905. The van der Waals surface area contributed by atoms with Crippen LogP contribution in [-0.4, -0.2) is 96.7 Å². The van der Waals surface area contributed by atoms with E-state index >= 15 is 0 Å². The lowest BCUT2D eigenvalue weighted by Crippen LogP contribution is -2.30. The summed E-state index contributed by atoms with van der Waals surface area (Å²) in [5, 5.41) is 10.7. The molecule has 3 unspecified atom stereocenters. The van der Waals surface area contributed by atoms with Crippen molar-refractivity contribution in [3.63, 3.8) is 0 Å². The van der Waals surface area contributed by atoms with Gasteiger partial charge in [-0.1, -0.05) is 374 Å². The van der Waals surface area contributed by atoms with Crippen LogP contribution in [0.15, 0.2) is 24.3 Å². The number of unbranched alkanes of at least 4 members (excludes halogenated alkanes) is 50. The van der Waals surface area contributed by atoms with E-state index in [1.165, 1.54) is 231 Å². The van der Waals surface area contributed by atoms with Crippen molar-refractivity contribution < 1.29 is 80.2 Å². The number of ether oxygens (including phenoxy) is 4. The molecule has 0 fully saturated rings. The van der Waals surface area contributed by atoms with Gasteiger partial charge in [-0.15, -0.1) is 0 Å². The standard InChI is InChI=1S/C84H160O17P2/c1-6-10-13-16-19-22-25-28-30-31-32-33-34-35-37-40-43-49-54-59-64-69-83(88)100-79(73-95-82(87)68-63-58-53-48-42-39-36-29-26-23-20-17-14-11-7-2)75-98-102(90,91)96-71-78(85)72-97-103(92,93)99-76-80(74-94-81(86)67-62-57-52-47-41-38-27-24-21-18-15-12-8-3)101-84(89)70-65-60-55-50-45-44-46-51-56-61-66-77(5)9-4/h23,26,29,36,77-80,85H,6-22,24-25,27-28,30-35,37-76H2,1-5H3,(H,90,91)(H,92,93)/b26-23-,36-29-/t77?,78-,79-,80-/m1/s1. The molecule has 0 saturated heterocycles. The fourth-order valence-corrected chi connectivity index (χ4v) is 14.1. The molecule has 0 saturated carbocycles. The van der Waals surface area contributed by atoms with Crippen molar-refractivity contribution in [2.24, 2.45) is 5.92 Å². The second kappa shape index (κ2) is 76.3. The number of aliphatic hydroxyl groups excluding tert-OH is 1. The van der Waals surface area contributed by atoms with E-state index in [2.05, 4.69) is 58.9 Å². The topological polar surface area (TPSA) is 237 Å². The van der Waals surface area contributed by atoms with Gasteiger partial charge in [-0.25, -0.2) is 9.13 Å². The van der Waals surface area contributed by atoms with Gasteiger partial charge in [0.15, 0.2) is 12.2 Å². The van der Waals surface area contributed by atoms with Gasteiger partial charge in [0.2, 0.25) is 0 Å². The number of allylic oxidation sites excluding steroid dienone is 4. The minimum absolute atomic E-state index is 0.102. The summed E-state index contributed by atoms with van der Waals surface area (Å²) in [4.78, 5) is 73.1. The largest absolute Gasteiger partial charge is 0.472 e. The van der Waals surface area contributed by atoms with E-state index in [1.54, 1.807) is 0 Å². The Morgan fingerprint density at radius 3 is 0.825 bits per heavy atom. The Kier molecular flexibility index (Phi) is 74.5. The molecule has 0 bridgehead atoms. The fourth-order valence-electron chi connectivity index (χ4n) is 12.5. The molecule has 0 aliphatic rings. The zero-order valence-corrected chi connectivity index (χ0v) is 68.7. The van der Waals surface area contributed by atoms with Gasteiger partial charge < -0.3 is 33.8 Å². The molecule has 0 amide bonds. The number of aliphatic hydroxyl groups is 1. The number of hydrogen-bond acceptors (Lipinski definition) is 15. The van der Waals surface area contributed by atoms with E-state index < -0.39 is 97.5 Å². The zero-order chi connectivity index (χ0) is 75.5. The van der Waals surface area contributed by atoms with E-state index in [0.717, 1.165) is 115 Å². The quantitative estimate of drug-likeness (QED) is 0.0169. The molecular weight excluding hydrogens is 1340 g/mol. The molecule has 0 aromatic heterocycles. The van der Waals surface area contributed by atoms with Crippen LogP contribution in [0.1, 0.15) is 426 Å².